The Kier molecular flexibility index (Phi) is 4.86. The van der Waals surface area contributed by atoms with Gasteiger partial charge in [0.2, 0.25) is 5.89 Å². The summed E-state index contributed by atoms with van der Waals surface area (Å²) in [6, 6.07) is -0.418. The van der Waals surface area contributed by atoms with E-state index >= 15 is 0 Å². The van der Waals surface area contributed by atoms with Crippen molar-refractivity contribution < 1.29 is 4.52 Å². The van der Waals surface area contributed by atoms with Gasteiger partial charge in [0.05, 0.1) is 6.20 Å². The maximum absolute atomic E-state index is 6.09. The molecule has 0 radical (unpaired) electrons. The summed E-state index contributed by atoms with van der Waals surface area (Å²) in [4.78, 5) is 6.69. The fraction of sp³-hybridized carbons (Fsp3) is 0.615. The molecule has 0 aliphatic heterocycles. The Hall–Kier alpha value is -1.73. The van der Waals surface area contributed by atoms with Gasteiger partial charge >= 0.3 is 0 Å². The molecule has 2 heterocycles. The molecule has 110 valence electrons. The molecule has 2 aromatic heterocycles. The van der Waals surface area contributed by atoms with E-state index in [1.54, 1.807) is 10.9 Å². The lowest BCUT2D eigenvalue weighted by atomic mass is 10.2. The van der Waals surface area contributed by atoms with Gasteiger partial charge in [-0.15, -0.1) is 0 Å². The van der Waals surface area contributed by atoms with Crippen molar-refractivity contribution in [1.82, 2.24) is 24.8 Å². The fourth-order valence-corrected chi connectivity index (χ4v) is 2.04. The Morgan fingerprint density at radius 2 is 2.15 bits per heavy atom. The van der Waals surface area contributed by atoms with Gasteiger partial charge in [-0.3, -0.25) is 4.68 Å². The van der Waals surface area contributed by atoms with E-state index in [1.807, 2.05) is 13.2 Å². The molecule has 2 aromatic rings. The molecule has 7 heteroatoms. The Bertz CT molecular complexity index is 530. The predicted molar refractivity (Wildman–Crippen MR) is 75.0 cm³/mol. The number of nitrogens with zero attached hydrogens (tertiary/aromatic N) is 5. The molecule has 0 fully saturated rings. The van der Waals surface area contributed by atoms with Gasteiger partial charge in [-0.1, -0.05) is 19.0 Å². The van der Waals surface area contributed by atoms with Crippen LogP contribution < -0.4 is 5.73 Å². The molecule has 0 amide bonds. The highest BCUT2D eigenvalue weighted by Gasteiger charge is 2.18. The molecule has 0 bridgehead atoms. The summed E-state index contributed by atoms with van der Waals surface area (Å²) in [6.45, 7) is 7.26. The van der Waals surface area contributed by atoms with Crippen LogP contribution in [0.2, 0.25) is 0 Å². The van der Waals surface area contributed by atoms with Crippen LogP contribution in [-0.2, 0) is 13.5 Å². The van der Waals surface area contributed by atoms with E-state index in [4.69, 9.17) is 10.3 Å². The van der Waals surface area contributed by atoms with Crippen LogP contribution in [0.5, 0.6) is 0 Å². The van der Waals surface area contributed by atoms with Crippen LogP contribution in [0, 0.1) is 0 Å². The summed E-state index contributed by atoms with van der Waals surface area (Å²) < 4.78 is 6.95. The first-order valence-corrected chi connectivity index (χ1v) is 6.93. The van der Waals surface area contributed by atoms with Crippen molar-refractivity contribution in [1.29, 1.82) is 0 Å². The fourth-order valence-electron chi connectivity index (χ4n) is 2.04. The Morgan fingerprint density at radius 1 is 1.40 bits per heavy atom. The van der Waals surface area contributed by atoms with Gasteiger partial charge in [-0.2, -0.15) is 10.1 Å². The molecule has 0 spiro atoms. The first kappa shape index (κ1) is 14.7. The summed E-state index contributed by atoms with van der Waals surface area (Å²) in [5.74, 6) is 1.14. The van der Waals surface area contributed by atoms with E-state index in [0.717, 1.165) is 31.6 Å². The lowest BCUT2D eigenvalue weighted by Gasteiger charge is -2.16. The normalized spacial score (nSPS) is 13.1. The lowest BCUT2D eigenvalue weighted by molar-refractivity contribution is 0.302. The molecule has 1 unspecified atom stereocenters. The van der Waals surface area contributed by atoms with Crippen LogP contribution in [-0.4, -0.2) is 44.5 Å². The second-order valence-corrected chi connectivity index (χ2v) is 4.75. The third-order valence-corrected chi connectivity index (χ3v) is 3.38. The highest BCUT2D eigenvalue weighted by Crippen LogP contribution is 2.17. The molecule has 2 N–H and O–H groups in total. The summed E-state index contributed by atoms with van der Waals surface area (Å²) in [7, 11) is 1.85. The zero-order valence-corrected chi connectivity index (χ0v) is 12.3. The van der Waals surface area contributed by atoms with Crippen molar-refractivity contribution in [2.24, 2.45) is 12.8 Å². The second kappa shape index (κ2) is 6.62. The predicted octanol–water partition coefficient (Wildman–Crippen LogP) is 0.735. The number of likely N-dealkylation sites (N-methyl/N-ethyl adjacent to an activating group) is 1. The smallest absolute Gasteiger partial charge is 0.248 e. The molecule has 20 heavy (non-hydrogen) atoms. The van der Waals surface area contributed by atoms with Crippen LogP contribution in [0.25, 0.3) is 0 Å². The quantitative estimate of drug-likeness (QED) is 0.803. The molecule has 2 rings (SSSR count). The average molecular weight is 278 g/mol. The minimum Gasteiger partial charge on any atom is -0.337 e. The maximum atomic E-state index is 6.09. The maximum Gasteiger partial charge on any atom is 0.248 e. The largest absolute Gasteiger partial charge is 0.337 e. The Balaban J connectivity index is 1.98. The third-order valence-electron chi connectivity index (χ3n) is 3.38. The highest BCUT2D eigenvalue weighted by molar-refractivity contribution is 5.16. The van der Waals surface area contributed by atoms with E-state index < -0.39 is 6.04 Å². The Labute approximate surface area is 118 Å². The van der Waals surface area contributed by atoms with Gasteiger partial charge in [0.15, 0.2) is 5.82 Å². The SMILES string of the molecule is CCN(CC)CCc1noc(C(N)c2cnn(C)c2)n1. The average Bonchev–Trinajstić information content (AvgIpc) is 3.08. The molecular formula is C13H22N6O. The van der Waals surface area contributed by atoms with E-state index in [-0.39, 0.29) is 0 Å². The minimum absolute atomic E-state index is 0.418. The number of hydrogen-bond acceptors (Lipinski definition) is 6. The Morgan fingerprint density at radius 3 is 2.75 bits per heavy atom. The van der Waals surface area contributed by atoms with Crippen molar-refractivity contribution in [2.75, 3.05) is 19.6 Å². The van der Waals surface area contributed by atoms with Gasteiger partial charge in [0.1, 0.15) is 6.04 Å². The number of nitrogens with two attached hydrogens (primary N) is 1. The van der Waals surface area contributed by atoms with Gasteiger partial charge < -0.3 is 15.2 Å². The zero-order chi connectivity index (χ0) is 14.5. The van der Waals surface area contributed by atoms with Crippen LogP contribution >= 0.6 is 0 Å². The van der Waals surface area contributed by atoms with Crippen LogP contribution in [0.1, 0.15) is 37.2 Å². The number of hydrogen-bond donors (Lipinski definition) is 1. The topological polar surface area (TPSA) is 86.0 Å². The summed E-state index contributed by atoms with van der Waals surface area (Å²) >= 11 is 0. The third kappa shape index (κ3) is 3.43. The van der Waals surface area contributed by atoms with Gasteiger partial charge in [0, 0.05) is 31.8 Å². The van der Waals surface area contributed by atoms with Crippen molar-refractivity contribution in [3.05, 3.63) is 29.7 Å². The summed E-state index contributed by atoms with van der Waals surface area (Å²) in [5, 5.41) is 8.08. The van der Waals surface area contributed by atoms with Crippen LogP contribution in [0.3, 0.4) is 0 Å². The second-order valence-electron chi connectivity index (χ2n) is 4.75. The van der Waals surface area contributed by atoms with Crippen molar-refractivity contribution >= 4 is 0 Å². The van der Waals surface area contributed by atoms with Gasteiger partial charge in [-0.25, -0.2) is 0 Å². The standard InChI is InChI=1S/C13H22N6O/c1-4-19(5-2)7-6-11-16-13(20-17-11)12(14)10-8-15-18(3)9-10/h8-9,12H,4-7,14H2,1-3H3. The first-order chi connectivity index (χ1) is 9.63. The molecule has 0 saturated heterocycles. The molecule has 0 aromatic carbocycles. The molecule has 1 atom stereocenters. The van der Waals surface area contributed by atoms with Gasteiger partial charge in [0.25, 0.3) is 0 Å². The van der Waals surface area contributed by atoms with E-state index in [1.165, 1.54) is 0 Å². The molecular weight excluding hydrogens is 256 g/mol. The van der Waals surface area contributed by atoms with E-state index in [2.05, 4.69) is 34.0 Å². The van der Waals surface area contributed by atoms with Crippen molar-refractivity contribution in [2.45, 2.75) is 26.3 Å². The zero-order valence-electron chi connectivity index (χ0n) is 12.3. The lowest BCUT2D eigenvalue weighted by Crippen LogP contribution is -2.25. The first-order valence-electron chi connectivity index (χ1n) is 6.93. The summed E-state index contributed by atoms with van der Waals surface area (Å²) in [5.41, 5.74) is 6.96. The molecule has 0 aliphatic carbocycles. The number of aromatic nitrogens is 4. The van der Waals surface area contributed by atoms with E-state index in [0.29, 0.717) is 11.7 Å². The van der Waals surface area contributed by atoms with E-state index in [9.17, 15) is 0 Å². The number of rotatable bonds is 7. The monoisotopic (exact) mass is 278 g/mol. The highest BCUT2D eigenvalue weighted by atomic mass is 16.5. The van der Waals surface area contributed by atoms with Crippen molar-refractivity contribution in [3.8, 4) is 0 Å². The molecule has 0 saturated carbocycles. The van der Waals surface area contributed by atoms with Crippen LogP contribution in [0.4, 0.5) is 0 Å². The van der Waals surface area contributed by atoms with Crippen LogP contribution in [0.15, 0.2) is 16.9 Å². The number of aryl methyl sites for hydroxylation is 1. The van der Waals surface area contributed by atoms with Crippen molar-refractivity contribution in [3.63, 3.8) is 0 Å². The molecule has 0 aliphatic rings. The summed E-state index contributed by atoms with van der Waals surface area (Å²) in [6.07, 6.45) is 4.33. The molecule has 7 nitrogen and oxygen atoms in total. The van der Waals surface area contributed by atoms with Gasteiger partial charge in [-0.05, 0) is 13.1 Å². The minimum atomic E-state index is -0.418.